The van der Waals surface area contributed by atoms with Crippen molar-refractivity contribution in [3.8, 4) is 11.5 Å². The third-order valence-corrected chi connectivity index (χ3v) is 3.27. The van der Waals surface area contributed by atoms with Crippen molar-refractivity contribution in [3.63, 3.8) is 0 Å². The smallest absolute Gasteiger partial charge is 0.161 e. The number of phenolic OH excluding ortho intramolecular Hbond substituents is 1. The summed E-state index contributed by atoms with van der Waals surface area (Å²) in [5.74, 6) is 0.397. The van der Waals surface area contributed by atoms with Crippen LogP contribution in [0.5, 0.6) is 11.5 Å². The Morgan fingerprint density at radius 3 is 2.43 bits per heavy atom. The maximum atomic E-state index is 13.0. The van der Waals surface area contributed by atoms with Gasteiger partial charge in [-0.05, 0) is 55.8 Å². The van der Waals surface area contributed by atoms with Crippen LogP contribution in [0.2, 0.25) is 0 Å². The molecule has 0 heterocycles. The number of aromatic hydroxyl groups is 1. The zero-order valence-corrected chi connectivity index (χ0v) is 12.3. The summed E-state index contributed by atoms with van der Waals surface area (Å²) in [6.07, 6.45) is 0. The topological polar surface area (TPSA) is 32.7 Å². The first-order chi connectivity index (χ1) is 10.1. The van der Waals surface area contributed by atoms with Gasteiger partial charge in [0.25, 0.3) is 0 Å². The molecule has 3 nitrogen and oxygen atoms in total. The van der Waals surface area contributed by atoms with Crippen molar-refractivity contribution >= 4 is 5.69 Å². The molecule has 0 spiro atoms. The summed E-state index contributed by atoms with van der Waals surface area (Å²) in [5.41, 5.74) is 1.99. The minimum Gasteiger partial charge on any atom is -0.504 e. The highest BCUT2D eigenvalue weighted by molar-refractivity contribution is 5.48. The van der Waals surface area contributed by atoms with Gasteiger partial charge in [0.2, 0.25) is 0 Å². The average Bonchev–Trinajstić information content (AvgIpc) is 2.49. The molecule has 0 aliphatic rings. The predicted molar refractivity (Wildman–Crippen MR) is 82.4 cm³/mol. The molecule has 0 aromatic heterocycles. The van der Waals surface area contributed by atoms with Crippen molar-refractivity contribution < 1.29 is 14.2 Å². The third-order valence-electron chi connectivity index (χ3n) is 3.27. The van der Waals surface area contributed by atoms with Crippen LogP contribution in [0.3, 0.4) is 0 Å². The van der Waals surface area contributed by atoms with E-state index in [2.05, 4.69) is 4.90 Å². The van der Waals surface area contributed by atoms with Crippen LogP contribution < -0.4 is 9.64 Å². The van der Waals surface area contributed by atoms with E-state index in [1.807, 2.05) is 26.0 Å². The van der Waals surface area contributed by atoms with Crippen LogP contribution in [0.1, 0.15) is 19.4 Å². The van der Waals surface area contributed by atoms with Crippen LogP contribution in [-0.4, -0.2) is 18.3 Å². The molecule has 0 aliphatic heterocycles. The van der Waals surface area contributed by atoms with Crippen molar-refractivity contribution in [3.05, 3.63) is 53.8 Å². The van der Waals surface area contributed by atoms with E-state index in [0.29, 0.717) is 18.9 Å². The van der Waals surface area contributed by atoms with Gasteiger partial charge in [-0.25, -0.2) is 4.39 Å². The average molecular weight is 289 g/mol. The number of halogens is 1. The molecule has 112 valence electrons. The maximum absolute atomic E-state index is 13.0. The van der Waals surface area contributed by atoms with E-state index in [-0.39, 0.29) is 11.6 Å². The molecule has 21 heavy (non-hydrogen) atoms. The summed E-state index contributed by atoms with van der Waals surface area (Å²) < 4.78 is 18.4. The number of phenols is 1. The highest BCUT2D eigenvalue weighted by atomic mass is 19.1. The van der Waals surface area contributed by atoms with E-state index in [9.17, 15) is 9.50 Å². The molecule has 2 aromatic carbocycles. The van der Waals surface area contributed by atoms with Gasteiger partial charge in [-0.1, -0.05) is 6.07 Å². The molecule has 0 saturated heterocycles. The molecule has 0 saturated carbocycles. The SMILES string of the molecule is CCOc1cc(CN(CC)c2ccc(F)cc2)ccc1O. The minimum absolute atomic E-state index is 0.144. The lowest BCUT2D eigenvalue weighted by atomic mass is 10.1. The Hall–Kier alpha value is -2.23. The molecule has 4 heteroatoms. The number of ether oxygens (including phenoxy) is 1. The zero-order chi connectivity index (χ0) is 15.2. The van der Waals surface area contributed by atoms with Crippen LogP contribution in [0.25, 0.3) is 0 Å². The fourth-order valence-electron chi connectivity index (χ4n) is 2.19. The summed E-state index contributed by atoms with van der Waals surface area (Å²) in [6, 6.07) is 11.8. The van der Waals surface area contributed by atoms with Gasteiger partial charge in [0, 0.05) is 18.8 Å². The first-order valence-corrected chi connectivity index (χ1v) is 7.09. The maximum Gasteiger partial charge on any atom is 0.161 e. The normalized spacial score (nSPS) is 10.4. The highest BCUT2D eigenvalue weighted by Crippen LogP contribution is 2.28. The highest BCUT2D eigenvalue weighted by Gasteiger charge is 2.08. The van der Waals surface area contributed by atoms with Crippen LogP contribution in [0, 0.1) is 5.82 Å². The van der Waals surface area contributed by atoms with E-state index in [1.165, 1.54) is 12.1 Å². The van der Waals surface area contributed by atoms with Gasteiger partial charge < -0.3 is 14.7 Å². The van der Waals surface area contributed by atoms with Crippen LogP contribution in [0.4, 0.5) is 10.1 Å². The van der Waals surface area contributed by atoms with E-state index in [4.69, 9.17) is 4.74 Å². The van der Waals surface area contributed by atoms with Gasteiger partial charge in [-0.15, -0.1) is 0 Å². The molecule has 0 amide bonds. The zero-order valence-electron chi connectivity index (χ0n) is 12.3. The number of rotatable bonds is 6. The minimum atomic E-state index is -0.238. The van der Waals surface area contributed by atoms with E-state index in [0.717, 1.165) is 17.8 Å². The Morgan fingerprint density at radius 1 is 1.10 bits per heavy atom. The summed E-state index contributed by atoms with van der Waals surface area (Å²) >= 11 is 0. The molecule has 0 unspecified atom stereocenters. The first kappa shape index (κ1) is 15.2. The lowest BCUT2D eigenvalue weighted by Gasteiger charge is -2.23. The molecular formula is C17H20FNO2. The standard InChI is InChI=1S/C17H20FNO2/c1-3-19(15-8-6-14(18)7-9-15)12-13-5-10-16(20)17(11-13)21-4-2/h5-11,20H,3-4,12H2,1-2H3. The number of benzene rings is 2. The second kappa shape index (κ2) is 6.97. The van der Waals surface area contributed by atoms with Crippen LogP contribution in [-0.2, 0) is 6.54 Å². The Bertz CT molecular complexity index is 584. The molecule has 2 rings (SSSR count). The summed E-state index contributed by atoms with van der Waals surface area (Å²) in [7, 11) is 0. The molecule has 0 radical (unpaired) electrons. The lowest BCUT2D eigenvalue weighted by Crippen LogP contribution is -2.21. The number of hydrogen-bond acceptors (Lipinski definition) is 3. The van der Waals surface area contributed by atoms with Gasteiger partial charge in [-0.3, -0.25) is 0 Å². The van der Waals surface area contributed by atoms with Crippen molar-refractivity contribution in [1.82, 2.24) is 0 Å². The Kier molecular flexibility index (Phi) is 5.04. The van der Waals surface area contributed by atoms with Crippen molar-refractivity contribution in [2.45, 2.75) is 20.4 Å². The quantitative estimate of drug-likeness (QED) is 0.873. The molecule has 0 atom stereocenters. The molecule has 1 N–H and O–H groups in total. The van der Waals surface area contributed by atoms with Gasteiger partial charge in [0.15, 0.2) is 11.5 Å². The van der Waals surface area contributed by atoms with Crippen molar-refractivity contribution in [2.24, 2.45) is 0 Å². The Balaban J connectivity index is 2.18. The summed E-state index contributed by atoms with van der Waals surface area (Å²) in [5, 5.41) is 9.72. The summed E-state index contributed by atoms with van der Waals surface area (Å²) in [6.45, 7) is 5.90. The largest absolute Gasteiger partial charge is 0.504 e. The molecule has 0 bridgehead atoms. The van der Waals surface area contributed by atoms with E-state index in [1.54, 1.807) is 18.2 Å². The monoisotopic (exact) mass is 289 g/mol. The van der Waals surface area contributed by atoms with Gasteiger partial charge in [0.05, 0.1) is 6.61 Å². The second-order valence-corrected chi connectivity index (χ2v) is 4.73. The van der Waals surface area contributed by atoms with Gasteiger partial charge in [0.1, 0.15) is 5.82 Å². The van der Waals surface area contributed by atoms with Gasteiger partial charge in [-0.2, -0.15) is 0 Å². The first-order valence-electron chi connectivity index (χ1n) is 7.09. The van der Waals surface area contributed by atoms with E-state index >= 15 is 0 Å². The summed E-state index contributed by atoms with van der Waals surface area (Å²) in [4.78, 5) is 2.13. The Morgan fingerprint density at radius 2 is 1.81 bits per heavy atom. The predicted octanol–water partition coefficient (Wildman–Crippen LogP) is 3.96. The van der Waals surface area contributed by atoms with Crippen LogP contribution in [0.15, 0.2) is 42.5 Å². The number of anilines is 1. The van der Waals surface area contributed by atoms with Crippen molar-refractivity contribution in [2.75, 3.05) is 18.1 Å². The molecule has 0 fully saturated rings. The second-order valence-electron chi connectivity index (χ2n) is 4.73. The number of nitrogens with zero attached hydrogens (tertiary/aromatic N) is 1. The van der Waals surface area contributed by atoms with E-state index < -0.39 is 0 Å². The van der Waals surface area contributed by atoms with Crippen molar-refractivity contribution in [1.29, 1.82) is 0 Å². The number of hydrogen-bond donors (Lipinski definition) is 1. The van der Waals surface area contributed by atoms with Gasteiger partial charge >= 0.3 is 0 Å². The lowest BCUT2D eigenvalue weighted by molar-refractivity contribution is 0.317. The Labute approximate surface area is 124 Å². The fraction of sp³-hybridized carbons (Fsp3) is 0.294. The molecule has 2 aromatic rings. The third kappa shape index (κ3) is 3.88. The fourth-order valence-corrected chi connectivity index (χ4v) is 2.19. The molecule has 0 aliphatic carbocycles. The molecular weight excluding hydrogens is 269 g/mol. The van der Waals surface area contributed by atoms with Crippen LogP contribution >= 0.6 is 0 Å².